The van der Waals surface area contributed by atoms with E-state index in [4.69, 9.17) is 14.5 Å². The number of imidazole rings is 1. The number of morpholine rings is 2. The highest BCUT2D eigenvalue weighted by Crippen LogP contribution is 2.28. The SMILES string of the molecule is CC1COCCN1c1nc(N2CCOCC2C)c2[nH]cnc2n1. The van der Waals surface area contributed by atoms with Gasteiger partial charge in [0.1, 0.15) is 5.52 Å². The molecule has 8 nitrogen and oxygen atoms in total. The van der Waals surface area contributed by atoms with Gasteiger partial charge in [0.25, 0.3) is 0 Å². The van der Waals surface area contributed by atoms with Crippen LogP contribution in [0.4, 0.5) is 11.8 Å². The molecule has 2 aliphatic heterocycles. The molecule has 0 radical (unpaired) electrons. The van der Waals surface area contributed by atoms with Crippen LogP contribution in [0.15, 0.2) is 6.33 Å². The van der Waals surface area contributed by atoms with Crippen LogP contribution in [0.2, 0.25) is 0 Å². The van der Waals surface area contributed by atoms with Crippen LogP contribution in [0.5, 0.6) is 0 Å². The number of nitrogens with one attached hydrogen (secondary N) is 1. The Morgan fingerprint density at radius 3 is 2.43 bits per heavy atom. The second kappa shape index (κ2) is 5.93. The molecule has 0 bridgehead atoms. The summed E-state index contributed by atoms with van der Waals surface area (Å²) < 4.78 is 11.1. The molecule has 4 rings (SSSR count). The average molecular weight is 318 g/mol. The molecule has 2 aromatic heterocycles. The van der Waals surface area contributed by atoms with Gasteiger partial charge in [-0.15, -0.1) is 0 Å². The fraction of sp³-hybridized carbons (Fsp3) is 0.667. The maximum Gasteiger partial charge on any atom is 0.229 e. The lowest BCUT2D eigenvalue weighted by atomic mass is 10.2. The Labute approximate surface area is 134 Å². The fourth-order valence-corrected chi connectivity index (χ4v) is 3.21. The van der Waals surface area contributed by atoms with E-state index in [1.54, 1.807) is 6.33 Å². The number of H-pyrrole nitrogens is 1. The van der Waals surface area contributed by atoms with E-state index in [1.807, 2.05) is 0 Å². The van der Waals surface area contributed by atoms with Crippen LogP contribution in [0, 0.1) is 0 Å². The molecular formula is C15H22N6O2. The maximum atomic E-state index is 5.55. The fourth-order valence-electron chi connectivity index (χ4n) is 3.21. The molecule has 2 unspecified atom stereocenters. The molecule has 0 aromatic carbocycles. The van der Waals surface area contributed by atoms with Gasteiger partial charge in [0.05, 0.1) is 44.8 Å². The third-order valence-corrected chi connectivity index (χ3v) is 4.52. The molecule has 0 spiro atoms. The third kappa shape index (κ3) is 2.61. The zero-order valence-electron chi connectivity index (χ0n) is 13.5. The standard InChI is InChI=1S/C15H22N6O2/c1-10-7-22-5-3-20(10)14-12-13(17-9-16-12)18-15(19-14)21-4-6-23-8-11(21)2/h9-11H,3-8H2,1-2H3,(H,16,17,18,19). The number of hydrogen-bond acceptors (Lipinski definition) is 7. The van der Waals surface area contributed by atoms with Crippen LogP contribution in [-0.2, 0) is 9.47 Å². The number of ether oxygens (including phenoxy) is 2. The quantitative estimate of drug-likeness (QED) is 0.877. The topological polar surface area (TPSA) is 79.4 Å². The minimum atomic E-state index is 0.259. The molecule has 124 valence electrons. The third-order valence-electron chi connectivity index (χ3n) is 4.52. The molecule has 2 aliphatic rings. The molecule has 0 amide bonds. The lowest BCUT2D eigenvalue weighted by Crippen LogP contribution is -2.46. The van der Waals surface area contributed by atoms with Gasteiger partial charge in [-0.25, -0.2) is 4.98 Å². The van der Waals surface area contributed by atoms with Crippen molar-refractivity contribution in [1.82, 2.24) is 19.9 Å². The second-order valence-corrected chi connectivity index (χ2v) is 6.18. The summed E-state index contributed by atoms with van der Waals surface area (Å²) in [7, 11) is 0. The van der Waals surface area contributed by atoms with Crippen molar-refractivity contribution in [3.8, 4) is 0 Å². The van der Waals surface area contributed by atoms with Crippen LogP contribution in [0.1, 0.15) is 13.8 Å². The van der Waals surface area contributed by atoms with E-state index in [1.165, 1.54) is 0 Å². The second-order valence-electron chi connectivity index (χ2n) is 6.18. The van der Waals surface area contributed by atoms with Gasteiger partial charge in [-0.1, -0.05) is 0 Å². The van der Waals surface area contributed by atoms with Gasteiger partial charge < -0.3 is 24.3 Å². The van der Waals surface area contributed by atoms with Crippen molar-refractivity contribution in [2.75, 3.05) is 49.3 Å². The highest BCUT2D eigenvalue weighted by molar-refractivity contribution is 5.84. The number of hydrogen-bond donors (Lipinski definition) is 1. The number of aromatic nitrogens is 4. The summed E-state index contributed by atoms with van der Waals surface area (Å²) >= 11 is 0. The normalized spacial score (nSPS) is 26.0. The highest BCUT2D eigenvalue weighted by atomic mass is 16.5. The van der Waals surface area contributed by atoms with Crippen molar-refractivity contribution in [3.63, 3.8) is 0 Å². The highest BCUT2D eigenvalue weighted by Gasteiger charge is 2.27. The number of fused-ring (bicyclic) bond motifs is 1. The van der Waals surface area contributed by atoms with Gasteiger partial charge in [-0.3, -0.25) is 0 Å². The summed E-state index contributed by atoms with van der Waals surface area (Å²) in [4.78, 5) is 21.6. The number of anilines is 2. The number of nitrogens with zero attached hydrogens (tertiary/aromatic N) is 5. The largest absolute Gasteiger partial charge is 0.377 e. The Balaban J connectivity index is 1.78. The van der Waals surface area contributed by atoms with E-state index in [-0.39, 0.29) is 12.1 Å². The van der Waals surface area contributed by atoms with Gasteiger partial charge in [0.2, 0.25) is 5.95 Å². The maximum absolute atomic E-state index is 5.55. The minimum Gasteiger partial charge on any atom is -0.377 e. The smallest absolute Gasteiger partial charge is 0.229 e. The van der Waals surface area contributed by atoms with Gasteiger partial charge in [0.15, 0.2) is 11.5 Å². The van der Waals surface area contributed by atoms with E-state index in [0.29, 0.717) is 32.1 Å². The van der Waals surface area contributed by atoms with E-state index >= 15 is 0 Å². The molecule has 8 heteroatoms. The molecule has 2 saturated heterocycles. The lowest BCUT2D eigenvalue weighted by molar-refractivity contribution is 0.0973. The predicted molar refractivity (Wildman–Crippen MR) is 86.9 cm³/mol. The van der Waals surface area contributed by atoms with Gasteiger partial charge in [-0.05, 0) is 13.8 Å². The Morgan fingerprint density at radius 1 is 1.04 bits per heavy atom. The van der Waals surface area contributed by atoms with Crippen LogP contribution < -0.4 is 9.80 Å². The first-order chi connectivity index (χ1) is 11.2. The van der Waals surface area contributed by atoms with E-state index < -0.39 is 0 Å². The zero-order chi connectivity index (χ0) is 15.8. The monoisotopic (exact) mass is 318 g/mol. The van der Waals surface area contributed by atoms with Crippen molar-refractivity contribution in [3.05, 3.63) is 6.33 Å². The summed E-state index contributed by atoms with van der Waals surface area (Å²) in [5.41, 5.74) is 1.60. The van der Waals surface area contributed by atoms with Crippen molar-refractivity contribution in [2.45, 2.75) is 25.9 Å². The molecule has 1 N–H and O–H groups in total. The lowest BCUT2D eigenvalue weighted by Gasteiger charge is -2.36. The Kier molecular flexibility index (Phi) is 3.78. The van der Waals surface area contributed by atoms with Crippen molar-refractivity contribution in [2.24, 2.45) is 0 Å². The number of rotatable bonds is 2. The van der Waals surface area contributed by atoms with Crippen LogP contribution in [-0.4, -0.2) is 71.5 Å². The Hall–Kier alpha value is -1.93. The number of aromatic amines is 1. The first-order valence-electron chi connectivity index (χ1n) is 8.14. The Bertz CT molecular complexity index is 690. The molecule has 0 saturated carbocycles. The minimum absolute atomic E-state index is 0.259. The van der Waals surface area contributed by atoms with Gasteiger partial charge in [-0.2, -0.15) is 9.97 Å². The molecule has 2 fully saturated rings. The summed E-state index contributed by atoms with van der Waals surface area (Å²) in [6.07, 6.45) is 1.68. The van der Waals surface area contributed by atoms with Gasteiger partial charge >= 0.3 is 0 Å². The van der Waals surface area contributed by atoms with Crippen molar-refractivity contribution < 1.29 is 9.47 Å². The first kappa shape index (κ1) is 14.6. The van der Waals surface area contributed by atoms with Crippen LogP contribution in [0.25, 0.3) is 11.2 Å². The molecule has 4 heterocycles. The zero-order valence-corrected chi connectivity index (χ0v) is 13.5. The van der Waals surface area contributed by atoms with E-state index in [2.05, 4.69) is 38.6 Å². The van der Waals surface area contributed by atoms with Crippen LogP contribution in [0.3, 0.4) is 0 Å². The first-order valence-corrected chi connectivity index (χ1v) is 8.14. The van der Waals surface area contributed by atoms with Gasteiger partial charge in [0, 0.05) is 13.1 Å². The average Bonchev–Trinajstić information content (AvgIpc) is 3.03. The molecule has 23 heavy (non-hydrogen) atoms. The molecule has 2 atom stereocenters. The van der Waals surface area contributed by atoms with E-state index in [0.717, 1.165) is 30.4 Å². The molecule has 2 aromatic rings. The van der Waals surface area contributed by atoms with E-state index in [9.17, 15) is 0 Å². The van der Waals surface area contributed by atoms with Crippen LogP contribution >= 0.6 is 0 Å². The summed E-state index contributed by atoms with van der Waals surface area (Å²) in [6, 6.07) is 0.537. The summed E-state index contributed by atoms with van der Waals surface area (Å²) in [5, 5.41) is 0. The van der Waals surface area contributed by atoms with Crippen molar-refractivity contribution in [1.29, 1.82) is 0 Å². The molecular weight excluding hydrogens is 296 g/mol. The predicted octanol–water partition coefficient (Wildman–Crippen LogP) is 0.803. The van der Waals surface area contributed by atoms with Crippen molar-refractivity contribution >= 4 is 22.9 Å². The Morgan fingerprint density at radius 2 is 1.74 bits per heavy atom. The molecule has 0 aliphatic carbocycles. The summed E-state index contributed by atoms with van der Waals surface area (Å²) in [6.45, 7) is 8.74. The summed E-state index contributed by atoms with van der Waals surface area (Å²) in [5.74, 6) is 1.64.